The number of ketones is 1. The minimum absolute atomic E-state index is 0.0262. The largest absolute Gasteiger partial charge is 0.306 e. The summed E-state index contributed by atoms with van der Waals surface area (Å²) < 4.78 is 0. The van der Waals surface area contributed by atoms with E-state index in [1.165, 1.54) is 0 Å². The van der Waals surface area contributed by atoms with Gasteiger partial charge in [0.1, 0.15) is 5.78 Å². The number of hydrogen-bond acceptors (Lipinski definition) is 4. The van der Waals surface area contributed by atoms with Crippen molar-refractivity contribution in [2.24, 2.45) is 16.4 Å². The summed E-state index contributed by atoms with van der Waals surface area (Å²) in [5.74, 6) is 0.310. The molecule has 1 aliphatic heterocycles. The quantitative estimate of drug-likeness (QED) is 0.829. The molecule has 0 saturated heterocycles. The average Bonchev–Trinajstić information content (AvgIpc) is 2.81. The maximum Gasteiger partial charge on any atom is 0.144 e. The highest BCUT2D eigenvalue weighted by atomic mass is 32.1. The van der Waals surface area contributed by atoms with Crippen molar-refractivity contribution in [3.8, 4) is 0 Å². The van der Waals surface area contributed by atoms with E-state index >= 15 is 0 Å². The first kappa shape index (κ1) is 11.0. The summed E-state index contributed by atoms with van der Waals surface area (Å²) in [6.07, 6.45) is 1.68. The summed E-state index contributed by atoms with van der Waals surface area (Å²) in [4.78, 5) is 13.4. The highest BCUT2D eigenvalue weighted by Crippen LogP contribution is 2.39. The predicted molar refractivity (Wildman–Crippen MR) is 69.3 cm³/mol. The maximum atomic E-state index is 12.3. The van der Waals surface area contributed by atoms with Crippen LogP contribution in [0.3, 0.4) is 0 Å². The third-order valence-corrected chi connectivity index (χ3v) is 4.49. The number of hydrazone groups is 1. The van der Waals surface area contributed by atoms with Gasteiger partial charge in [-0.25, -0.2) is 0 Å². The maximum absolute atomic E-state index is 12.3. The molecule has 17 heavy (non-hydrogen) atoms. The van der Waals surface area contributed by atoms with E-state index in [1.807, 2.05) is 17.5 Å². The number of carbonyl (C=O) groups is 1. The number of Topliss-reactive ketones (excluding diaryl/α,β-unsaturated/α-hetero) is 1. The normalized spacial score (nSPS) is 30.7. The lowest BCUT2D eigenvalue weighted by atomic mass is 9.69. The fraction of sp³-hybridized carbons (Fsp3) is 0.538. The van der Waals surface area contributed by atoms with Gasteiger partial charge in [0.05, 0.1) is 22.5 Å². The molecule has 1 aromatic rings. The molecule has 1 fully saturated rings. The minimum atomic E-state index is -0.0262. The van der Waals surface area contributed by atoms with E-state index in [1.54, 1.807) is 11.3 Å². The van der Waals surface area contributed by atoms with E-state index in [-0.39, 0.29) is 17.4 Å². The third kappa shape index (κ3) is 1.80. The SMILES string of the molecule is CC1(C)CC(=O)[C@@H]2C(c3cccs3)=NN[C@@H]2C1. The van der Waals surface area contributed by atoms with Crippen LogP contribution in [0.25, 0.3) is 0 Å². The molecule has 0 aromatic carbocycles. The molecule has 0 spiro atoms. The highest BCUT2D eigenvalue weighted by Gasteiger charge is 2.46. The Balaban J connectivity index is 1.91. The molecule has 90 valence electrons. The predicted octanol–water partition coefficient (Wildman–Crippen LogP) is 2.43. The molecule has 1 saturated carbocycles. The van der Waals surface area contributed by atoms with Crippen molar-refractivity contribution >= 4 is 22.8 Å². The number of thiophene rings is 1. The summed E-state index contributed by atoms with van der Waals surface area (Å²) in [6.45, 7) is 4.32. The number of nitrogens with one attached hydrogen (secondary N) is 1. The van der Waals surface area contributed by atoms with Gasteiger partial charge in [0, 0.05) is 6.42 Å². The van der Waals surface area contributed by atoms with E-state index in [2.05, 4.69) is 24.4 Å². The number of carbonyl (C=O) groups excluding carboxylic acids is 1. The molecule has 3 rings (SSSR count). The molecule has 0 bridgehead atoms. The molecule has 2 aliphatic rings. The lowest BCUT2D eigenvalue weighted by molar-refractivity contribution is -0.126. The fourth-order valence-corrected chi connectivity index (χ4v) is 3.66. The van der Waals surface area contributed by atoms with Crippen molar-refractivity contribution in [2.75, 3.05) is 0 Å². The molecule has 2 atom stereocenters. The lowest BCUT2D eigenvalue weighted by Crippen LogP contribution is -2.45. The van der Waals surface area contributed by atoms with Crippen LogP contribution in [0.1, 0.15) is 31.6 Å². The van der Waals surface area contributed by atoms with Crippen molar-refractivity contribution in [3.63, 3.8) is 0 Å². The first-order chi connectivity index (χ1) is 8.07. The average molecular weight is 248 g/mol. The van der Waals surface area contributed by atoms with E-state index in [0.717, 1.165) is 17.0 Å². The second kappa shape index (κ2) is 3.67. The van der Waals surface area contributed by atoms with E-state index in [9.17, 15) is 4.79 Å². The van der Waals surface area contributed by atoms with Gasteiger partial charge >= 0.3 is 0 Å². The lowest BCUT2D eigenvalue weighted by Gasteiger charge is -2.36. The van der Waals surface area contributed by atoms with Crippen LogP contribution in [0.15, 0.2) is 22.6 Å². The van der Waals surface area contributed by atoms with E-state index in [0.29, 0.717) is 12.2 Å². The Bertz CT molecular complexity index is 476. The Morgan fingerprint density at radius 2 is 2.35 bits per heavy atom. The van der Waals surface area contributed by atoms with Crippen molar-refractivity contribution < 1.29 is 4.79 Å². The van der Waals surface area contributed by atoms with E-state index in [4.69, 9.17) is 0 Å². The Kier molecular flexibility index (Phi) is 2.36. The zero-order chi connectivity index (χ0) is 12.0. The summed E-state index contributed by atoms with van der Waals surface area (Å²) in [6, 6.07) is 4.25. The molecule has 1 aromatic heterocycles. The van der Waals surface area contributed by atoms with Crippen LogP contribution in [0.5, 0.6) is 0 Å². The van der Waals surface area contributed by atoms with Gasteiger partial charge in [0.25, 0.3) is 0 Å². The molecule has 0 radical (unpaired) electrons. The van der Waals surface area contributed by atoms with Crippen LogP contribution in [0.2, 0.25) is 0 Å². The Hall–Kier alpha value is -1.16. The Morgan fingerprint density at radius 1 is 1.53 bits per heavy atom. The minimum Gasteiger partial charge on any atom is -0.306 e. The van der Waals surface area contributed by atoms with Gasteiger partial charge in [-0.15, -0.1) is 11.3 Å². The summed E-state index contributed by atoms with van der Waals surface area (Å²) in [5.41, 5.74) is 4.21. The molecular formula is C13H16N2OS. The van der Waals surface area contributed by atoms with Gasteiger partial charge in [-0.2, -0.15) is 5.10 Å². The molecule has 3 nitrogen and oxygen atoms in total. The van der Waals surface area contributed by atoms with Crippen molar-refractivity contribution in [2.45, 2.75) is 32.7 Å². The topological polar surface area (TPSA) is 41.5 Å². The van der Waals surface area contributed by atoms with Crippen LogP contribution >= 0.6 is 11.3 Å². The second-order valence-electron chi connectivity index (χ2n) is 5.70. The van der Waals surface area contributed by atoms with Crippen molar-refractivity contribution in [1.29, 1.82) is 0 Å². The zero-order valence-electron chi connectivity index (χ0n) is 10.1. The van der Waals surface area contributed by atoms with Crippen LogP contribution < -0.4 is 5.43 Å². The van der Waals surface area contributed by atoms with Gasteiger partial charge in [0.2, 0.25) is 0 Å². The van der Waals surface area contributed by atoms with Crippen LogP contribution in [-0.4, -0.2) is 17.5 Å². The Morgan fingerprint density at radius 3 is 3.06 bits per heavy atom. The van der Waals surface area contributed by atoms with Crippen molar-refractivity contribution in [1.82, 2.24) is 5.43 Å². The van der Waals surface area contributed by atoms with Crippen molar-refractivity contribution in [3.05, 3.63) is 22.4 Å². The second-order valence-corrected chi connectivity index (χ2v) is 6.65. The number of fused-ring (bicyclic) bond motifs is 1. The number of nitrogens with zero attached hydrogens (tertiary/aromatic N) is 1. The van der Waals surface area contributed by atoms with Crippen LogP contribution in [-0.2, 0) is 4.79 Å². The first-order valence-electron chi connectivity index (χ1n) is 5.96. The molecule has 2 heterocycles. The standard InChI is InChI=1S/C13H16N2OS/c1-13(2)6-8-11(9(16)7-13)12(15-14-8)10-4-3-5-17-10/h3-5,8,11,14H,6-7H2,1-2H3/t8-,11-/m1/s1. The van der Waals surface area contributed by atoms with Gasteiger partial charge in [-0.05, 0) is 23.3 Å². The highest BCUT2D eigenvalue weighted by molar-refractivity contribution is 7.12. The van der Waals surface area contributed by atoms with Gasteiger partial charge in [0.15, 0.2) is 0 Å². The van der Waals surface area contributed by atoms with Gasteiger partial charge in [-0.3, -0.25) is 4.79 Å². The summed E-state index contributed by atoms with van der Waals surface area (Å²) in [7, 11) is 0. The fourth-order valence-electron chi connectivity index (χ4n) is 2.91. The van der Waals surface area contributed by atoms with Crippen LogP contribution in [0, 0.1) is 11.3 Å². The summed E-state index contributed by atoms with van der Waals surface area (Å²) in [5, 5.41) is 6.43. The van der Waals surface area contributed by atoms with Crippen LogP contribution in [0.4, 0.5) is 0 Å². The first-order valence-corrected chi connectivity index (χ1v) is 6.84. The number of hydrogen-bond donors (Lipinski definition) is 1. The zero-order valence-corrected chi connectivity index (χ0v) is 10.9. The monoisotopic (exact) mass is 248 g/mol. The van der Waals surface area contributed by atoms with Gasteiger partial charge < -0.3 is 5.43 Å². The molecule has 1 aliphatic carbocycles. The smallest absolute Gasteiger partial charge is 0.144 e. The Labute approximate surface area is 105 Å². The molecular weight excluding hydrogens is 232 g/mol. The van der Waals surface area contributed by atoms with Gasteiger partial charge in [-0.1, -0.05) is 19.9 Å². The molecule has 0 amide bonds. The molecule has 4 heteroatoms. The molecule has 0 unspecified atom stereocenters. The van der Waals surface area contributed by atoms with E-state index < -0.39 is 0 Å². The molecule has 1 N–H and O–H groups in total. The third-order valence-electron chi connectivity index (χ3n) is 3.59. The number of rotatable bonds is 1. The summed E-state index contributed by atoms with van der Waals surface area (Å²) >= 11 is 1.65.